The molecule has 0 aromatic heterocycles. The third kappa shape index (κ3) is 2.42. The van der Waals surface area contributed by atoms with E-state index in [1.807, 2.05) is 0 Å². The fourth-order valence-corrected chi connectivity index (χ4v) is 2.16. The van der Waals surface area contributed by atoms with Crippen LogP contribution in [0.1, 0.15) is 28.3 Å². The lowest BCUT2D eigenvalue weighted by molar-refractivity contribution is 0.491. The van der Waals surface area contributed by atoms with Gasteiger partial charge in [-0.25, -0.2) is 18.6 Å². The van der Waals surface area contributed by atoms with Gasteiger partial charge >= 0.3 is 0 Å². The Morgan fingerprint density at radius 2 is 1.60 bits per heavy atom. The Morgan fingerprint density at radius 3 is 2.25 bits per heavy atom. The predicted molar refractivity (Wildman–Crippen MR) is 71.4 cm³/mol. The Morgan fingerprint density at radius 1 is 0.950 bits per heavy atom. The van der Waals surface area contributed by atoms with Crippen molar-refractivity contribution in [1.29, 1.82) is 0 Å². The number of nitrogens with one attached hydrogen (secondary N) is 1. The molecule has 2 aromatic carbocycles. The Kier molecular flexibility index (Phi) is 4.11. The monoisotopic (exact) mass is 280 g/mol. The smallest absolute Gasteiger partial charge is 0.134 e. The number of rotatable bonds is 3. The topological polar surface area (TPSA) is 38.0 Å². The largest absolute Gasteiger partial charge is 0.271 e. The van der Waals surface area contributed by atoms with Gasteiger partial charge in [0.2, 0.25) is 0 Å². The van der Waals surface area contributed by atoms with Crippen molar-refractivity contribution in [1.82, 2.24) is 5.43 Å². The molecule has 0 aliphatic heterocycles. The van der Waals surface area contributed by atoms with Crippen molar-refractivity contribution >= 4 is 0 Å². The summed E-state index contributed by atoms with van der Waals surface area (Å²) in [4.78, 5) is 0. The van der Waals surface area contributed by atoms with Crippen LogP contribution in [0.4, 0.5) is 13.2 Å². The minimum atomic E-state index is -1.09. The van der Waals surface area contributed by atoms with Gasteiger partial charge in [0.05, 0.1) is 6.04 Å². The maximum Gasteiger partial charge on any atom is 0.134 e. The summed E-state index contributed by atoms with van der Waals surface area (Å²) in [6.07, 6.45) is 0. The molecule has 0 aliphatic rings. The SMILES string of the molecule is Cc1cccc(C(NN)c2c(F)ccc(C)c2F)c1F. The summed E-state index contributed by atoms with van der Waals surface area (Å²) in [5, 5.41) is 0. The van der Waals surface area contributed by atoms with E-state index >= 15 is 0 Å². The molecule has 5 heteroatoms. The summed E-state index contributed by atoms with van der Waals surface area (Å²) >= 11 is 0. The third-order valence-corrected chi connectivity index (χ3v) is 3.31. The zero-order chi connectivity index (χ0) is 14.9. The molecule has 20 heavy (non-hydrogen) atoms. The van der Waals surface area contributed by atoms with Gasteiger partial charge in [-0.3, -0.25) is 5.84 Å². The zero-order valence-corrected chi connectivity index (χ0v) is 11.2. The Bertz CT molecular complexity index is 641. The molecular formula is C15H15F3N2. The molecule has 1 unspecified atom stereocenters. The fourth-order valence-electron chi connectivity index (χ4n) is 2.16. The van der Waals surface area contributed by atoms with Crippen LogP contribution in [0.2, 0.25) is 0 Å². The number of nitrogens with two attached hydrogens (primary N) is 1. The van der Waals surface area contributed by atoms with Gasteiger partial charge in [-0.1, -0.05) is 24.3 Å². The molecule has 2 nitrogen and oxygen atoms in total. The van der Waals surface area contributed by atoms with E-state index < -0.39 is 23.5 Å². The van der Waals surface area contributed by atoms with Gasteiger partial charge in [-0.05, 0) is 31.0 Å². The summed E-state index contributed by atoms with van der Waals surface area (Å²) in [6, 6.07) is 6.03. The normalized spacial score (nSPS) is 12.5. The summed E-state index contributed by atoms with van der Waals surface area (Å²) in [7, 11) is 0. The zero-order valence-electron chi connectivity index (χ0n) is 11.2. The van der Waals surface area contributed by atoms with E-state index in [9.17, 15) is 13.2 Å². The number of halogens is 3. The van der Waals surface area contributed by atoms with Gasteiger partial charge < -0.3 is 0 Å². The van der Waals surface area contributed by atoms with Crippen LogP contribution >= 0.6 is 0 Å². The van der Waals surface area contributed by atoms with E-state index in [-0.39, 0.29) is 16.7 Å². The van der Waals surface area contributed by atoms with Crippen molar-refractivity contribution in [2.75, 3.05) is 0 Å². The molecule has 1 atom stereocenters. The molecule has 0 radical (unpaired) electrons. The first-order chi connectivity index (χ1) is 9.47. The quantitative estimate of drug-likeness (QED) is 0.669. The summed E-state index contributed by atoms with van der Waals surface area (Å²) < 4.78 is 42.2. The van der Waals surface area contributed by atoms with Crippen LogP contribution in [0.5, 0.6) is 0 Å². The lowest BCUT2D eigenvalue weighted by atomic mass is 9.95. The third-order valence-electron chi connectivity index (χ3n) is 3.31. The maximum absolute atomic E-state index is 14.2. The molecular weight excluding hydrogens is 265 g/mol. The average Bonchev–Trinajstić information content (AvgIpc) is 2.43. The highest BCUT2D eigenvalue weighted by Crippen LogP contribution is 2.30. The minimum Gasteiger partial charge on any atom is -0.271 e. The van der Waals surface area contributed by atoms with Crippen LogP contribution in [-0.2, 0) is 0 Å². The van der Waals surface area contributed by atoms with E-state index in [1.54, 1.807) is 19.1 Å². The highest BCUT2D eigenvalue weighted by Gasteiger charge is 2.25. The van der Waals surface area contributed by atoms with E-state index in [0.717, 1.165) is 6.07 Å². The molecule has 0 fully saturated rings. The van der Waals surface area contributed by atoms with E-state index in [4.69, 9.17) is 5.84 Å². The maximum atomic E-state index is 14.2. The van der Waals surface area contributed by atoms with Crippen molar-refractivity contribution in [2.45, 2.75) is 19.9 Å². The summed E-state index contributed by atoms with van der Waals surface area (Å²) in [5.74, 6) is 3.37. The van der Waals surface area contributed by atoms with Crippen LogP contribution < -0.4 is 11.3 Å². The molecule has 2 aromatic rings. The number of benzene rings is 2. The fraction of sp³-hybridized carbons (Fsp3) is 0.200. The Labute approximate surface area is 115 Å². The average molecular weight is 280 g/mol. The van der Waals surface area contributed by atoms with Crippen LogP contribution in [0.3, 0.4) is 0 Å². The summed E-state index contributed by atoms with van der Waals surface area (Å²) in [5.41, 5.74) is 2.78. The first kappa shape index (κ1) is 14.6. The standard InChI is InChI=1S/C15H15F3N2/c1-8-4-3-5-10(13(8)17)15(20-19)12-11(16)7-6-9(2)14(12)18/h3-7,15,20H,19H2,1-2H3. The van der Waals surface area contributed by atoms with Crippen molar-refractivity contribution < 1.29 is 13.2 Å². The Balaban J connectivity index is 2.65. The van der Waals surface area contributed by atoms with Gasteiger partial charge in [0.1, 0.15) is 17.5 Å². The molecule has 0 saturated carbocycles. The number of aryl methyl sites for hydroxylation is 2. The first-order valence-electron chi connectivity index (χ1n) is 6.13. The van der Waals surface area contributed by atoms with Crippen molar-refractivity contribution in [3.8, 4) is 0 Å². The minimum absolute atomic E-state index is 0.107. The van der Waals surface area contributed by atoms with Gasteiger partial charge in [-0.2, -0.15) is 0 Å². The van der Waals surface area contributed by atoms with Crippen LogP contribution in [-0.4, -0.2) is 0 Å². The number of hydrogen-bond acceptors (Lipinski definition) is 2. The number of hydrogen-bond donors (Lipinski definition) is 2. The highest BCUT2D eigenvalue weighted by molar-refractivity contribution is 5.38. The highest BCUT2D eigenvalue weighted by atomic mass is 19.1. The number of hydrazine groups is 1. The molecule has 106 valence electrons. The van der Waals surface area contributed by atoms with Gasteiger partial charge in [0.25, 0.3) is 0 Å². The molecule has 0 amide bonds. The van der Waals surface area contributed by atoms with Gasteiger partial charge in [-0.15, -0.1) is 0 Å². The van der Waals surface area contributed by atoms with Crippen molar-refractivity contribution in [2.24, 2.45) is 5.84 Å². The van der Waals surface area contributed by atoms with E-state index in [0.29, 0.717) is 5.56 Å². The molecule has 0 heterocycles. The lowest BCUT2D eigenvalue weighted by Gasteiger charge is -2.20. The second kappa shape index (κ2) is 5.64. The summed E-state index contributed by atoms with van der Waals surface area (Å²) in [6.45, 7) is 3.09. The van der Waals surface area contributed by atoms with Crippen LogP contribution in [0.25, 0.3) is 0 Å². The Hall–Kier alpha value is -1.85. The van der Waals surface area contributed by atoms with Gasteiger partial charge in [0.15, 0.2) is 0 Å². The molecule has 2 rings (SSSR count). The molecule has 0 spiro atoms. The van der Waals surface area contributed by atoms with E-state index in [1.165, 1.54) is 19.1 Å². The lowest BCUT2D eigenvalue weighted by Crippen LogP contribution is -2.31. The predicted octanol–water partition coefficient (Wildman–Crippen LogP) is 3.27. The van der Waals surface area contributed by atoms with Gasteiger partial charge in [0, 0.05) is 11.1 Å². The van der Waals surface area contributed by atoms with Crippen molar-refractivity contribution in [3.05, 3.63) is 70.0 Å². The first-order valence-corrected chi connectivity index (χ1v) is 6.13. The molecule has 0 aliphatic carbocycles. The second-order valence-electron chi connectivity index (χ2n) is 4.67. The van der Waals surface area contributed by atoms with E-state index in [2.05, 4.69) is 5.43 Å². The van der Waals surface area contributed by atoms with Crippen LogP contribution in [0, 0.1) is 31.3 Å². The van der Waals surface area contributed by atoms with Crippen molar-refractivity contribution in [3.63, 3.8) is 0 Å². The van der Waals surface area contributed by atoms with Crippen LogP contribution in [0.15, 0.2) is 30.3 Å². The molecule has 0 bridgehead atoms. The molecule has 0 saturated heterocycles. The second-order valence-corrected chi connectivity index (χ2v) is 4.67. The molecule has 3 N–H and O–H groups in total.